The number of benzene rings is 2. The number of imidazole rings is 1. The van der Waals surface area contributed by atoms with Crippen LogP contribution in [0.1, 0.15) is 31.3 Å². The van der Waals surface area contributed by atoms with E-state index in [-0.39, 0.29) is 11.7 Å². The Labute approximate surface area is 168 Å². The average Bonchev–Trinajstić information content (AvgIpc) is 3.35. The van der Waals surface area contributed by atoms with Gasteiger partial charge in [0.05, 0.1) is 30.5 Å². The summed E-state index contributed by atoms with van der Waals surface area (Å²) >= 11 is 0. The van der Waals surface area contributed by atoms with Crippen molar-refractivity contribution in [3.63, 3.8) is 0 Å². The van der Waals surface area contributed by atoms with Crippen LogP contribution in [0.25, 0.3) is 22.8 Å². The highest BCUT2D eigenvalue weighted by molar-refractivity contribution is 5.63. The van der Waals surface area contributed by atoms with Crippen molar-refractivity contribution < 1.29 is 9.13 Å². The molecule has 0 radical (unpaired) electrons. The quantitative estimate of drug-likeness (QED) is 0.495. The molecule has 7 heteroatoms. The summed E-state index contributed by atoms with van der Waals surface area (Å²) < 4.78 is 22.6. The van der Waals surface area contributed by atoms with E-state index in [9.17, 15) is 4.39 Å². The summed E-state index contributed by atoms with van der Waals surface area (Å²) in [5, 5.41) is 4.69. The van der Waals surface area contributed by atoms with Crippen LogP contribution in [0.4, 0.5) is 4.39 Å². The standard InChI is InChI=1S/C22H22FN5O/c1-14(2)22-25-21(26-28(22)18-8-6-17(23)7-9-18)16-5-10-19(20(11-16)29-4)27-12-15(3)24-13-27/h5-14H,1-4H3. The molecule has 2 aromatic carbocycles. The van der Waals surface area contributed by atoms with Crippen molar-refractivity contribution >= 4 is 0 Å². The minimum Gasteiger partial charge on any atom is -0.495 e. The van der Waals surface area contributed by atoms with Gasteiger partial charge in [0.25, 0.3) is 0 Å². The van der Waals surface area contributed by atoms with Crippen LogP contribution >= 0.6 is 0 Å². The SMILES string of the molecule is COc1cc(-c2nc(C(C)C)n(-c3ccc(F)cc3)n2)ccc1-n1cnc(C)c1. The highest BCUT2D eigenvalue weighted by Crippen LogP contribution is 2.30. The molecule has 29 heavy (non-hydrogen) atoms. The molecule has 0 unspecified atom stereocenters. The highest BCUT2D eigenvalue weighted by atomic mass is 19.1. The first-order valence-electron chi connectivity index (χ1n) is 9.38. The van der Waals surface area contributed by atoms with Gasteiger partial charge in [-0.15, -0.1) is 5.10 Å². The van der Waals surface area contributed by atoms with Crippen molar-refractivity contribution in [2.24, 2.45) is 0 Å². The van der Waals surface area contributed by atoms with Gasteiger partial charge < -0.3 is 9.30 Å². The van der Waals surface area contributed by atoms with Gasteiger partial charge in [-0.05, 0) is 49.4 Å². The second kappa shape index (κ2) is 7.50. The number of hydrogen-bond acceptors (Lipinski definition) is 4. The van der Waals surface area contributed by atoms with E-state index in [2.05, 4.69) is 18.8 Å². The lowest BCUT2D eigenvalue weighted by molar-refractivity contribution is 0.413. The van der Waals surface area contributed by atoms with Crippen LogP contribution in [0.3, 0.4) is 0 Å². The molecule has 0 fully saturated rings. The summed E-state index contributed by atoms with van der Waals surface area (Å²) in [6, 6.07) is 12.1. The van der Waals surface area contributed by atoms with E-state index in [1.165, 1.54) is 12.1 Å². The van der Waals surface area contributed by atoms with Gasteiger partial charge in [-0.1, -0.05) is 13.8 Å². The molecule has 0 aliphatic rings. The number of hydrogen-bond donors (Lipinski definition) is 0. The maximum absolute atomic E-state index is 13.3. The summed E-state index contributed by atoms with van der Waals surface area (Å²) in [5.41, 5.74) is 3.42. The van der Waals surface area contributed by atoms with Gasteiger partial charge in [-0.2, -0.15) is 0 Å². The molecule has 0 aliphatic carbocycles. The molecular weight excluding hydrogens is 369 g/mol. The van der Waals surface area contributed by atoms with Crippen LogP contribution in [0.15, 0.2) is 55.0 Å². The fourth-order valence-corrected chi connectivity index (χ4v) is 3.18. The number of rotatable bonds is 5. The third-order valence-corrected chi connectivity index (χ3v) is 4.65. The van der Waals surface area contributed by atoms with Crippen LogP contribution in [0.5, 0.6) is 5.75 Å². The molecule has 0 N–H and O–H groups in total. The zero-order valence-corrected chi connectivity index (χ0v) is 16.8. The largest absolute Gasteiger partial charge is 0.495 e. The van der Waals surface area contributed by atoms with Gasteiger partial charge in [0.1, 0.15) is 17.4 Å². The van der Waals surface area contributed by atoms with E-state index in [1.807, 2.05) is 35.9 Å². The summed E-state index contributed by atoms with van der Waals surface area (Å²) in [6.07, 6.45) is 3.70. The van der Waals surface area contributed by atoms with E-state index in [4.69, 9.17) is 14.8 Å². The summed E-state index contributed by atoms with van der Waals surface area (Å²) in [4.78, 5) is 9.02. The van der Waals surface area contributed by atoms with Crippen molar-refractivity contribution in [1.29, 1.82) is 0 Å². The highest BCUT2D eigenvalue weighted by Gasteiger charge is 2.17. The lowest BCUT2D eigenvalue weighted by atomic mass is 10.1. The first-order chi connectivity index (χ1) is 14.0. The van der Waals surface area contributed by atoms with E-state index in [1.54, 1.807) is 30.3 Å². The molecule has 0 amide bonds. The number of methoxy groups -OCH3 is 1. The van der Waals surface area contributed by atoms with Crippen LogP contribution in [-0.2, 0) is 0 Å². The fraction of sp³-hybridized carbons (Fsp3) is 0.227. The molecule has 0 saturated heterocycles. The Morgan fingerprint density at radius 3 is 2.45 bits per heavy atom. The molecule has 6 nitrogen and oxygen atoms in total. The third kappa shape index (κ3) is 3.63. The Balaban J connectivity index is 1.78. The van der Waals surface area contributed by atoms with Crippen LogP contribution in [0, 0.1) is 12.7 Å². The molecule has 148 valence electrons. The molecule has 2 heterocycles. The maximum Gasteiger partial charge on any atom is 0.181 e. The molecule has 4 rings (SSSR count). The lowest BCUT2D eigenvalue weighted by Gasteiger charge is -2.10. The fourth-order valence-electron chi connectivity index (χ4n) is 3.18. The van der Waals surface area contributed by atoms with Gasteiger partial charge in [0, 0.05) is 17.7 Å². The number of aromatic nitrogens is 5. The second-order valence-electron chi connectivity index (χ2n) is 7.15. The maximum atomic E-state index is 13.3. The first kappa shape index (κ1) is 18.9. The van der Waals surface area contributed by atoms with Crippen molar-refractivity contribution in [2.45, 2.75) is 26.7 Å². The van der Waals surface area contributed by atoms with Crippen LogP contribution in [-0.4, -0.2) is 31.4 Å². The van der Waals surface area contributed by atoms with Gasteiger partial charge in [-0.3, -0.25) is 0 Å². The summed E-state index contributed by atoms with van der Waals surface area (Å²) in [5.74, 6) is 1.96. The molecule has 4 aromatic rings. The van der Waals surface area contributed by atoms with Gasteiger partial charge in [0.2, 0.25) is 0 Å². The minimum absolute atomic E-state index is 0.149. The van der Waals surface area contributed by atoms with E-state index >= 15 is 0 Å². The second-order valence-corrected chi connectivity index (χ2v) is 7.15. The van der Waals surface area contributed by atoms with Gasteiger partial charge in [-0.25, -0.2) is 19.0 Å². The lowest BCUT2D eigenvalue weighted by Crippen LogP contribution is -2.04. The predicted octanol–water partition coefficient (Wildman–Crippen LogP) is 4.70. The van der Waals surface area contributed by atoms with Crippen molar-refractivity contribution in [3.8, 4) is 28.5 Å². The Morgan fingerprint density at radius 2 is 1.83 bits per heavy atom. The monoisotopic (exact) mass is 391 g/mol. The van der Waals surface area contributed by atoms with Gasteiger partial charge in [0.15, 0.2) is 5.82 Å². The molecule has 0 saturated carbocycles. The third-order valence-electron chi connectivity index (χ3n) is 4.65. The summed E-state index contributed by atoms with van der Waals surface area (Å²) in [6.45, 7) is 6.05. The Morgan fingerprint density at radius 1 is 1.07 bits per heavy atom. The minimum atomic E-state index is -0.282. The van der Waals surface area contributed by atoms with Crippen LogP contribution < -0.4 is 4.74 Å². The van der Waals surface area contributed by atoms with Crippen molar-refractivity contribution in [2.75, 3.05) is 7.11 Å². The summed E-state index contributed by atoms with van der Waals surface area (Å²) in [7, 11) is 1.64. The Hall–Kier alpha value is -3.48. The molecule has 0 atom stereocenters. The van der Waals surface area contributed by atoms with E-state index < -0.39 is 0 Å². The molecule has 0 bridgehead atoms. The Bertz CT molecular complexity index is 1140. The van der Waals surface area contributed by atoms with Crippen molar-refractivity contribution in [3.05, 3.63) is 72.3 Å². The zero-order chi connectivity index (χ0) is 20.5. The number of nitrogens with zero attached hydrogens (tertiary/aromatic N) is 5. The van der Waals surface area contributed by atoms with Gasteiger partial charge >= 0.3 is 0 Å². The molecule has 0 aliphatic heterocycles. The number of aryl methyl sites for hydroxylation is 1. The zero-order valence-electron chi connectivity index (χ0n) is 16.8. The molecule has 0 spiro atoms. The van der Waals surface area contributed by atoms with E-state index in [0.717, 1.165) is 28.5 Å². The smallest absolute Gasteiger partial charge is 0.181 e. The number of ether oxygens (including phenoxy) is 1. The van der Waals surface area contributed by atoms with E-state index in [0.29, 0.717) is 11.6 Å². The predicted molar refractivity (Wildman–Crippen MR) is 109 cm³/mol. The topological polar surface area (TPSA) is 57.8 Å². The average molecular weight is 391 g/mol. The van der Waals surface area contributed by atoms with Crippen LogP contribution in [0.2, 0.25) is 0 Å². The molecular formula is C22H22FN5O. The first-order valence-corrected chi connectivity index (χ1v) is 9.38. The Kier molecular flexibility index (Phi) is 4.88. The normalized spacial score (nSPS) is 11.2. The number of halogens is 1. The van der Waals surface area contributed by atoms with Crippen molar-refractivity contribution in [1.82, 2.24) is 24.3 Å². The molecule has 2 aromatic heterocycles.